The summed E-state index contributed by atoms with van der Waals surface area (Å²) in [4.78, 5) is 24.9. The maximum absolute atomic E-state index is 12.5. The summed E-state index contributed by atoms with van der Waals surface area (Å²) in [6, 6.07) is 7.20. The molecule has 1 aromatic rings. The van der Waals surface area contributed by atoms with Crippen LogP contribution in [-0.2, 0) is 9.47 Å². The minimum absolute atomic E-state index is 0.00240. The molecule has 0 radical (unpaired) electrons. The lowest BCUT2D eigenvalue weighted by atomic mass is 10.2. The Morgan fingerprint density at radius 1 is 0.846 bits per heavy atom. The molecule has 8 heteroatoms. The van der Waals surface area contributed by atoms with Crippen molar-refractivity contribution < 1.29 is 28.5 Å². The quantitative estimate of drug-likeness (QED) is 0.803. The van der Waals surface area contributed by atoms with Crippen LogP contribution in [-0.4, -0.2) is 47.5 Å². The number of ether oxygens (including phenoxy) is 4. The van der Waals surface area contributed by atoms with Gasteiger partial charge in [0.2, 0.25) is 0 Å². The highest BCUT2D eigenvalue weighted by Crippen LogP contribution is 2.37. The van der Waals surface area contributed by atoms with Gasteiger partial charge in [0.25, 0.3) is 0 Å². The van der Waals surface area contributed by atoms with Crippen molar-refractivity contribution >= 4 is 12.2 Å². The van der Waals surface area contributed by atoms with Gasteiger partial charge >= 0.3 is 12.2 Å². The van der Waals surface area contributed by atoms with Crippen LogP contribution in [0.3, 0.4) is 0 Å². The number of hydrazine groups is 1. The van der Waals surface area contributed by atoms with Crippen molar-refractivity contribution in [2.24, 2.45) is 0 Å². The number of fused-ring (bicyclic) bond motifs is 1. The topological polar surface area (TPSA) is 77.5 Å². The zero-order chi connectivity index (χ0) is 18.8. The zero-order valence-corrected chi connectivity index (χ0v) is 15.2. The van der Waals surface area contributed by atoms with Crippen molar-refractivity contribution in [2.45, 2.75) is 39.9 Å². The van der Waals surface area contributed by atoms with Crippen LogP contribution >= 0.6 is 0 Å². The second-order valence-corrected chi connectivity index (χ2v) is 6.48. The molecule has 2 heterocycles. The smallest absolute Gasteiger partial charge is 0.429 e. The second kappa shape index (κ2) is 7.15. The average molecular weight is 362 g/mol. The van der Waals surface area contributed by atoms with E-state index in [1.165, 1.54) is 10.0 Å². The van der Waals surface area contributed by atoms with Gasteiger partial charge in [0.15, 0.2) is 23.0 Å². The van der Waals surface area contributed by atoms with Crippen molar-refractivity contribution in [2.75, 3.05) is 13.1 Å². The standard InChI is InChI=1S/C18H22N2O6/c1-11(2)23-17(21)19-9-15-16(10-20(19)18(22)24-12(3)4)26-14-8-6-5-7-13(14)25-15/h5-8,11-12H,9-10H2,1-4H3. The second-order valence-electron chi connectivity index (χ2n) is 6.48. The molecule has 2 aliphatic rings. The molecule has 0 aromatic heterocycles. The Bertz CT molecular complexity index is 682. The number of para-hydroxylation sites is 2. The van der Waals surface area contributed by atoms with E-state index in [0.717, 1.165) is 0 Å². The molecule has 140 valence electrons. The van der Waals surface area contributed by atoms with Crippen LogP contribution in [0.2, 0.25) is 0 Å². The molecule has 26 heavy (non-hydrogen) atoms. The van der Waals surface area contributed by atoms with Gasteiger partial charge in [0, 0.05) is 0 Å². The first-order valence-corrected chi connectivity index (χ1v) is 8.48. The summed E-state index contributed by atoms with van der Waals surface area (Å²) in [6.45, 7) is 6.95. The fourth-order valence-corrected chi connectivity index (χ4v) is 2.53. The van der Waals surface area contributed by atoms with Crippen LogP contribution in [0, 0.1) is 0 Å². The predicted octanol–water partition coefficient (Wildman–Crippen LogP) is 3.29. The van der Waals surface area contributed by atoms with E-state index in [1.807, 2.05) is 12.1 Å². The average Bonchev–Trinajstić information content (AvgIpc) is 2.57. The van der Waals surface area contributed by atoms with Gasteiger partial charge in [0.05, 0.1) is 12.2 Å². The summed E-state index contributed by atoms with van der Waals surface area (Å²) in [5.41, 5.74) is 0. The summed E-state index contributed by atoms with van der Waals surface area (Å²) in [5, 5.41) is 2.34. The van der Waals surface area contributed by atoms with E-state index in [4.69, 9.17) is 18.9 Å². The molecule has 0 aliphatic carbocycles. The van der Waals surface area contributed by atoms with Gasteiger partial charge in [-0.3, -0.25) is 0 Å². The summed E-state index contributed by atoms with van der Waals surface area (Å²) in [7, 11) is 0. The molecule has 0 fully saturated rings. The SMILES string of the molecule is CC(C)OC(=O)N1CC2=C(CN1C(=O)OC(C)C)Oc1ccccc1O2. The van der Waals surface area contributed by atoms with Crippen LogP contribution in [0.4, 0.5) is 9.59 Å². The first-order chi connectivity index (χ1) is 12.3. The molecule has 0 saturated carbocycles. The zero-order valence-electron chi connectivity index (χ0n) is 15.2. The summed E-state index contributed by atoms with van der Waals surface area (Å²) in [6.07, 6.45) is -1.97. The Labute approximate surface area is 151 Å². The first-order valence-electron chi connectivity index (χ1n) is 8.48. The Kier molecular flexibility index (Phi) is 4.92. The van der Waals surface area contributed by atoms with E-state index < -0.39 is 12.2 Å². The molecule has 0 unspecified atom stereocenters. The molecule has 1 aromatic carbocycles. The van der Waals surface area contributed by atoms with Gasteiger partial charge in [-0.15, -0.1) is 0 Å². The highest BCUT2D eigenvalue weighted by molar-refractivity contribution is 5.75. The predicted molar refractivity (Wildman–Crippen MR) is 91.4 cm³/mol. The highest BCUT2D eigenvalue weighted by atomic mass is 16.6. The van der Waals surface area contributed by atoms with Gasteiger partial charge in [0.1, 0.15) is 13.1 Å². The van der Waals surface area contributed by atoms with Crippen molar-refractivity contribution in [1.82, 2.24) is 10.0 Å². The van der Waals surface area contributed by atoms with Crippen molar-refractivity contribution in [3.8, 4) is 11.5 Å². The van der Waals surface area contributed by atoms with E-state index >= 15 is 0 Å². The van der Waals surface area contributed by atoms with Gasteiger partial charge in [-0.25, -0.2) is 19.6 Å². The van der Waals surface area contributed by atoms with Crippen molar-refractivity contribution in [3.05, 3.63) is 35.8 Å². The number of nitrogens with zero attached hydrogens (tertiary/aromatic N) is 2. The molecule has 0 spiro atoms. The largest absolute Gasteiger partial charge is 0.452 e. The summed E-state index contributed by atoms with van der Waals surface area (Å²) < 4.78 is 22.2. The van der Waals surface area contributed by atoms with E-state index in [2.05, 4.69) is 0 Å². The molecular formula is C18H22N2O6. The van der Waals surface area contributed by atoms with E-state index in [-0.39, 0.29) is 25.3 Å². The normalized spacial score (nSPS) is 15.9. The lowest BCUT2D eigenvalue weighted by Gasteiger charge is -2.39. The third-order valence-corrected chi connectivity index (χ3v) is 3.60. The molecule has 2 aliphatic heterocycles. The Morgan fingerprint density at radius 2 is 1.23 bits per heavy atom. The summed E-state index contributed by atoms with van der Waals surface area (Å²) >= 11 is 0. The number of benzene rings is 1. The third kappa shape index (κ3) is 3.68. The fourth-order valence-electron chi connectivity index (χ4n) is 2.53. The van der Waals surface area contributed by atoms with Crippen LogP contribution < -0.4 is 9.47 Å². The molecule has 2 amide bonds. The van der Waals surface area contributed by atoms with Crippen LogP contribution in [0.5, 0.6) is 11.5 Å². The minimum Gasteiger partial charge on any atom is -0.452 e. The van der Waals surface area contributed by atoms with E-state index in [0.29, 0.717) is 23.0 Å². The Morgan fingerprint density at radius 3 is 1.58 bits per heavy atom. The van der Waals surface area contributed by atoms with Gasteiger partial charge in [-0.1, -0.05) is 12.1 Å². The van der Waals surface area contributed by atoms with Crippen LogP contribution in [0.15, 0.2) is 35.8 Å². The van der Waals surface area contributed by atoms with Gasteiger partial charge in [-0.2, -0.15) is 0 Å². The molecular weight excluding hydrogens is 340 g/mol. The number of carbonyl (C=O) groups is 2. The fraction of sp³-hybridized carbons (Fsp3) is 0.444. The monoisotopic (exact) mass is 362 g/mol. The Hall–Kier alpha value is -2.90. The van der Waals surface area contributed by atoms with Crippen LogP contribution in [0.1, 0.15) is 27.7 Å². The number of hydrogen-bond acceptors (Lipinski definition) is 6. The molecule has 0 N–H and O–H groups in total. The van der Waals surface area contributed by atoms with Crippen molar-refractivity contribution in [3.63, 3.8) is 0 Å². The highest BCUT2D eigenvalue weighted by Gasteiger charge is 2.39. The number of rotatable bonds is 2. The van der Waals surface area contributed by atoms with E-state index in [1.54, 1.807) is 39.8 Å². The van der Waals surface area contributed by atoms with Crippen molar-refractivity contribution in [1.29, 1.82) is 0 Å². The molecule has 8 nitrogen and oxygen atoms in total. The molecule has 0 saturated heterocycles. The lowest BCUT2D eigenvalue weighted by molar-refractivity contribution is -0.0445. The molecule has 0 atom stereocenters. The van der Waals surface area contributed by atoms with Gasteiger partial charge in [-0.05, 0) is 39.8 Å². The third-order valence-electron chi connectivity index (χ3n) is 3.60. The molecule has 3 rings (SSSR count). The summed E-state index contributed by atoms with van der Waals surface area (Å²) in [5.74, 6) is 2.03. The first kappa shape index (κ1) is 17.9. The van der Waals surface area contributed by atoms with Gasteiger partial charge < -0.3 is 18.9 Å². The number of carbonyl (C=O) groups excluding carboxylic acids is 2. The lowest BCUT2D eigenvalue weighted by Crippen LogP contribution is -2.56. The maximum atomic E-state index is 12.5. The number of hydrogen-bond donors (Lipinski definition) is 0. The maximum Gasteiger partial charge on any atom is 0.429 e. The van der Waals surface area contributed by atoms with Crippen LogP contribution in [0.25, 0.3) is 0 Å². The Balaban J connectivity index is 1.87. The number of amides is 2. The minimum atomic E-state index is -0.658. The van der Waals surface area contributed by atoms with E-state index in [9.17, 15) is 9.59 Å². The molecule has 0 bridgehead atoms.